The summed E-state index contributed by atoms with van der Waals surface area (Å²) in [6, 6.07) is 9.90. The molecule has 9 heteroatoms. The largest absolute Gasteiger partial charge is 0.465 e. The summed E-state index contributed by atoms with van der Waals surface area (Å²) < 4.78 is 16.7. The molecule has 1 N–H and O–H groups in total. The molecule has 1 amide bonds. The Balaban J connectivity index is 1.74. The molecule has 1 aromatic carbocycles. The van der Waals surface area contributed by atoms with Crippen molar-refractivity contribution in [1.82, 2.24) is 14.6 Å². The van der Waals surface area contributed by atoms with E-state index in [1.807, 2.05) is 0 Å². The molecule has 134 valence electrons. The molecule has 0 aliphatic carbocycles. The van der Waals surface area contributed by atoms with Crippen molar-refractivity contribution < 1.29 is 23.8 Å². The maximum absolute atomic E-state index is 11.4. The fraction of sp³-hybridized carbons (Fsp3) is 0.176. The van der Waals surface area contributed by atoms with Gasteiger partial charge < -0.3 is 14.2 Å². The molecule has 0 unspecified atom stereocenters. The Bertz CT molecular complexity index is 936. The zero-order chi connectivity index (χ0) is 18.5. The minimum Gasteiger partial charge on any atom is -0.465 e. The highest BCUT2D eigenvalue weighted by atomic mass is 16.5. The normalized spacial score (nSPS) is 10.4. The summed E-state index contributed by atoms with van der Waals surface area (Å²) in [5, 5.41) is 6.55. The summed E-state index contributed by atoms with van der Waals surface area (Å²) in [5.74, 6) is 0.788. The zero-order valence-electron chi connectivity index (χ0n) is 14.1. The molecular formula is C17H16N4O5. The molecule has 26 heavy (non-hydrogen) atoms. The molecule has 2 heterocycles. The molecule has 0 radical (unpaired) electrons. The minimum atomic E-state index is -0.620. The molecule has 3 rings (SSSR count). The molecule has 3 aromatic rings. The second kappa shape index (κ2) is 7.51. The second-order valence-corrected chi connectivity index (χ2v) is 5.06. The van der Waals surface area contributed by atoms with Crippen LogP contribution < -0.4 is 10.1 Å². The van der Waals surface area contributed by atoms with Crippen LogP contribution in [0.15, 0.2) is 42.6 Å². The fourth-order valence-corrected chi connectivity index (χ4v) is 2.15. The lowest BCUT2D eigenvalue weighted by Crippen LogP contribution is -2.14. The fourth-order valence-electron chi connectivity index (χ4n) is 2.15. The molecule has 0 saturated heterocycles. The second-order valence-electron chi connectivity index (χ2n) is 5.06. The highest BCUT2D eigenvalue weighted by Crippen LogP contribution is 2.23. The van der Waals surface area contributed by atoms with Crippen molar-refractivity contribution >= 4 is 23.7 Å². The van der Waals surface area contributed by atoms with Crippen molar-refractivity contribution in [3.05, 3.63) is 48.2 Å². The summed E-state index contributed by atoms with van der Waals surface area (Å²) in [6.45, 7) is 1.96. The van der Waals surface area contributed by atoms with Crippen LogP contribution in [0, 0.1) is 0 Å². The van der Waals surface area contributed by atoms with Gasteiger partial charge in [0.05, 0.1) is 19.3 Å². The quantitative estimate of drug-likeness (QED) is 0.701. The van der Waals surface area contributed by atoms with Crippen LogP contribution >= 0.6 is 0 Å². The predicted molar refractivity (Wildman–Crippen MR) is 91.5 cm³/mol. The number of pyridine rings is 1. The van der Waals surface area contributed by atoms with Crippen molar-refractivity contribution in [3.8, 4) is 11.5 Å². The molecular weight excluding hydrogens is 340 g/mol. The molecule has 0 atom stereocenters. The van der Waals surface area contributed by atoms with Gasteiger partial charge in [0.1, 0.15) is 11.5 Å². The van der Waals surface area contributed by atoms with Crippen LogP contribution in [0.4, 0.5) is 10.7 Å². The standard InChI is InChI=1S/C17H16N4O5/c1-3-25-17(23)19-16-18-14-10-13(8-9-21(14)20-16)26-12-6-4-11(5-7-12)15(22)24-2/h4-10H,3H2,1-2H3,(H,19,20,23). The van der Waals surface area contributed by atoms with Gasteiger partial charge in [-0.2, -0.15) is 4.98 Å². The van der Waals surface area contributed by atoms with E-state index in [9.17, 15) is 9.59 Å². The number of carbonyl (C=O) groups is 2. The Morgan fingerprint density at radius 3 is 2.62 bits per heavy atom. The van der Waals surface area contributed by atoms with Gasteiger partial charge in [-0.25, -0.2) is 14.1 Å². The Labute approximate surface area is 148 Å². The van der Waals surface area contributed by atoms with Gasteiger partial charge in [-0.15, -0.1) is 5.10 Å². The SMILES string of the molecule is CCOC(=O)Nc1nc2cc(Oc3ccc(C(=O)OC)cc3)ccn2n1. The monoisotopic (exact) mass is 356 g/mol. The van der Waals surface area contributed by atoms with Crippen molar-refractivity contribution in [1.29, 1.82) is 0 Å². The van der Waals surface area contributed by atoms with Crippen LogP contribution in [-0.2, 0) is 9.47 Å². The van der Waals surface area contributed by atoms with Crippen LogP contribution in [0.1, 0.15) is 17.3 Å². The molecule has 0 fully saturated rings. The minimum absolute atomic E-state index is 0.128. The lowest BCUT2D eigenvalue weighted by molar-refractivity contribution is 0.0600. The number of nitrogens with one attached hydrogen (secondary N) is 1. The van der Waals surface area contributed by atoms with Gasteiger partial charge in [-0.3, -0.25) is 5.32 Å². The predicted octanol–water partition coefficient (Wildman–Crippen LogP) is 2.88. The third kappa shape index (κ3) is 3.89. The number of fused-ring (bicyclic) bond motifs is 1. The Hall–Kier alpha value is -3.62. The van der Waals surface area contributed by atoms with Gasteiger partial charge in [0.2, 0.25) is 0 Å². The number of rotatable bonds is 5. The lowest BCUT2D eigenvalue weighted by atomic mass is 10.2. The molecule has 0 aliphatic rings. The summed E-state index contributed by atoms with van der Waals surface area (Å²) in [7, 11) is 1.32. The Kier molecular flexibility index (Phi) is 4.97. The van der Waals surface area contributed by atoms with Crippen molar-refractivity contribution in [2.24, 2.45) is 0 Å². The van der Waals surface area contributed by atoms with Crippen molar-refractivity contribution in [2.75, 3.05) is 19.0 Å². The van der Waals surface area contributed by atoms with E-state index in [-0.39, 0.29) is 12.6 Å². The van der Waals surface area contributed by atoms with Crippen LogP contribution in [0.25, 0.3) is 5.65 Å². The maximum atomic E-state index is 11.4. The maximum Gasteiger partial charge on any atom is 0.414 e. The highest BCUT2D eigenvalue weighted by molar-refractivity contribution is 5.89. The number of aromatic nitrogens is 3. The van der Waals surface area contributed by atoms with Gasteiger partial charge in [-0.05, 0) is 37.3 Å². The number of methoxy groups -OCH3 is 1. The molecule has 0 spiro atoms. The third-order valence-corrected chi connectivity index (χ3v) is 3.31. The third-order valence-electron chi connectivity index (χ3n) is 3.31. The van der Waals surface area contributed by atoms with E-state index in [1.54, 1.807) is 49.5 Å². The first-order valence-electron chi connectivity index (χ1n) is 7.75. The first-order valence-corrected chi connectivity index (χ1v) is 7.75. The average molecular weight is 356 g/mol. The smallest absolute Gasteiger partial charge is 0.414 e. The first-order chi connectivity index (χ1) is 12.6. The van der Waals surface area contributed by atoms with Gasteiger partial charge in [0.15, 0.2) is 5.65 Å². The zero-order valence-corrected chi connectivity index (χ0v) is 14.1. The molecule has 0 aliphatic heterocycles. The molecule has 2 aromatic heterocycles. The first kappa shape index (κ1) is 17.2. The number of amides is 1. The number of nitrogens with zero attached hydrogens (tertiary/aromatic N) is 3. The van der Waals surface area contributed by atoms with E-state index in [4.69, 9.17) is 9.47 Å². The summed E-state index contributed by atoms with van der Waals surface area (Å²) in [5.41, 5.74) is 0.919. The highest BCUT2D eigenvalue weighted by Gasteiger charge is 2.10. The molecule has 0 saturated carbocycles. The van der Waals surface area contributed by atoms with E-state index < -0.39 is 12.1 Å². The van der Waals surface area contributed by atoms with Crippen LogP contribution in [-0.4, -0.2) is 40.4 Å². The van der Waals surface area contributed by atoms with Gasteiger partial charge in [0.25, 0.3) is 5.95 Å². The summed E-state index contributed by atoms with van der Waals surface area (Å²) in [6.07, 6.45) is 1.03. The van der Waals surface area contributed by atoms with E-state index in [0.717, 1.165) is 0 Å². The Morgan fingerprint density at radius 1 is 1.15 bits per heavy atom. The van der Waals surface area contributed by atoms with Crippen LogP contribution in [0.2, 0.25) is 0 Å². The topological polar surface area (TPSA) is 104 Å². The summed E-state index contributed by atoms with van der Waals surface area (Å²) >= 11 is 0. The van der Waals surface area contributed by atoms with E-state index >= 15 is 0 Å². The van der Waals surface area contributed by atoms with Crippen molar-refractivity contribution in [3.63, 3.8) is 0 Å². The lowest BCUT2D eigenvalue weighted by Gasteiger charge is -2.06. The number of carbonyl (C=O) groups excluding carboxylic acids is 2. The van der Waals surface area contributed by atoms with Crippen LogP contribution in [0.3, 0.4) is 0 Å². The number of benzene rings is 1. The van der Waals surface area contributed by atoms with Gasteiger partial charge >= 0.3 is 12.1 Å². The van der Waals surface area contributed by atoms with Gasteiger partial charge in [0, 0.05) is 12.3 Å². The number of esters is 1. The number of ether oxygens (including phenoxy) is 3. The number of hydrogen-bond acceptors (Lipinski definition) is 7. The molecule has 0 bridgehead atoms. The van der Waals surface area contributed by atoms with Crippen LogP contribution in [0.5, 0.6) is 11.5 Å². The molecule has 9 nitrogen and oxygen atoms in total. The van der Waals surface area contributed by atoms with Crippen molar-refractivity contribution in [2.45, 2.75) is 6.92 Å². The number of anilines is 1. The van der Waals surface area contributed by atoms with E-state index in [0.29, 0.717) is 22.7 Å². The average Bonchev–Trinajstić information content (AvgIpc) is 3.03. The van der Waals surface area contributed by atoms with E-state index in [1.165, 1.54) is 11.6 Å². The van der Waals surface area contributed by atoms with E-state index in [2.05, 4.69) is 20.1 Å². The Morgan fingerprint density at radius 2 is 1.92 bits per heavy atom. The number of hydrogen-bond donors (Lipinski definition) is 1. The van der Waals surface area contributed by atoms with Gasteiger partial charge in [-0.1, -0.05) is 0 Å². The summed E-state index contributed by atoms with van der Waals surface area (Å²) in [4.78, 5) is 27.0.